The first-order valence-electron chi connectivity index (χ1n) is 17.4. The van der Waals surface area contributed by atoms with Gasteiger partial charge in [-0.2, -0.15) is 0 Å². The summed E-state index contributed by atoms with van der Waals surface area (Å²) in [5.74, 6) is 0. The summed E-state index contributed by atoms with van der Waals surface area (Å²) in [5, 5.41) is 14.4. The van der Waals surface area contributed by atoms with Gasteiger partial charge in [-0.15, -0.1) is 0 Å². The first-order chi connectivity index (χ1) is 25.3. The molecule has 0 N–H and O–H groups in total. The number of aromatic nitrogens is 1. The molecule has 0 bridgehead atoms. The Morgan fingerprint density at radius 2 is 0.902 bits per heavy atom. The van der Waals surface area contributed by atoms with Crippen molar-refractivity contribution in [3.8, 4) is 27.9 Å². The summed E-state index contributed by atoms with van der Waals surface area (Å²) in [6.45, 7) is 8.04. The lowest BCUT2D eigenvalue weighted by atomic mass is 9.83. The van der Waals surface area contributed by atoms with E-state index in [0.29, 0.717) is 5.69 Å². The number of fused-ring (bicyclic) bond motifs is 4. The van der Waals surface area contributed by atoms with Crippen molar-refractivity contribution >= 4 is 81.4 Å². The van der Waals surface area contributed by atoms with Crippen molar-refractivity contribution in [2.45, 2.75) is 0 Å². The predicted octanol–water partition coefficient (Wildman–Crippen LogP) is 13.9. The van der Waals surface area contributed by atoms with E-state index >= 15 is 0 Å². The van der Waals surface area contributed by atoms with Crippen LogP contribution in [0.15, 0.2) is 170 Å². The molecule has 234 valence electrons. The van der Waals surface area contributed by atoms with Crippen LogP contribution in [0.1, 0.15) is 0 Å². The molecule has 0 atom stereocenters. The Morgan fingerprint density at radius 3 is 1.59 bits per heavy atom. The molecular weight excluding hydrogens is 617 g/mol. The molecule has 11 aromatic rings. The number of benzene rings is 10. The SMILES string of the molecule is [C-]#[N+]c1ccc2c3c1ccc1c(-c4c5ccccc5c(-c5cccc6ccccc56)c5ccccc45)ccc(c13)n2-c1ccc2ccccc2c1. The second-order valence-corrected chi connectivity index (χ2v) is 13.5. The third-order valence-electron chi connectivity index (χ3n) is 10.9. The Hall–Kier alpha value is -6.95. The zero-order valence-corrected chi connectivity index (χ0v) is 27.6. The Morgan fingerprint density at radius 1 is 0.373 bits per heavy atom. The van der Waals surface area contributed by atoms with Crippen LogP contribution in [0.3, 0.4) is 0 Å². The molecule has 0 spiro atoms. The molecule has 10 aromatic carbocycles. The first-order valence-corrected chi connectivity index (χ1v) is 17.4. The van der Waals surface area contributed by atoms with Crippen molar-refractivity contribution in [1.29, 1.82) is 0 Å². The molecule has 0 amide bonds. The van der Waals surface area contributed by atoms with E-state index in [1.807, 2.05) is 6.07 Å². The fraction of sp³-hybridized carbons (Fsp3) is 0. The molecular formula is C49H28N2. The summed E-state index contributed by atoms with van der Waals surface area (Å²) in [6.07, 6.45) is 0. The quantitative estimate of drug-likeness (QED) is 0.103. The van der Waals surface area contributed by atoms with E-state index in [9.17, 15) is 0 Å². The maximum atomic E-state index is 8.04. The second-order valence-electron chi connectivity index (χ2n) is 13.5. The average molecular weight is 645 g/mol. The van der Waals surface area contributed by atoms with E-state index in [2.05, 4.69) is 173 Å². The highest BCUT2D eigenvalue weighted by molar-refractivity contribution is 6.31. The average Bonchev–Trinajstić information content (AvgIpc) is 3.54. The first kappa shape index (κ1) is 27.9. The van der Waals surface area contributed by atoms with Gasteiger partial charge in [0.2, 0.25) is 0 Å². The molecule has 1 heterocycles. The highest BCUT2D eigenvalue weighted by Crippen LogP contribution is 2.50. The van der Waals surface area contributed by atoms with Crippen LogP contribution in [0.5, 0.6) is 0 Å². The largest absolute Gasteiger partial charge is 0.309 e. The van der Waals surface area contributed by atoms with Gasteiger partial charge < -0.3 is 4.57 Å². The van der Waals surface area contributed by atoms with Gasteiger partial charge in [-0.25, -0.2) is 4.85 Å². The standard InChI is InChI=1S/C49H28N2/c1-50-43-26-28-45-49-42(43)24-23-41-40(25-27-44(48(41)49)51(45)33-22-21-30-11-2-3-13-32(30)29-33)47-38-18-8-6-16-36(38)46(37-17-7-9-19-39(37)47)35-20-10-14-31-12-4-5-15-34(31)35/h2-29H. The second kappa shape index (κ2) is 10.5. The molecule has 0 unspecified atom stereocenters. The van der Waals surface area contributed by atoms with Gasteiger partial charge in [-0.3, -0.25) is 0 Å². The topological polar surface area (TPSA) is 9.29 Å². The van der Waals surface area contributed by atoms with Gasteiger partial charge in [0.05, 0.1) is 17.6 Å². The van der Waals surface area contributed by atoms with Crippen molar-refractivity contribution < 1.29 is 0 Å². The third kappa shape index (κ3) is 3.86. The fourth-order valence-electron chi connectivity index (χ4n) is 8.80. The Kier molecular flexibility index (Phi) is 5.77. The normalized spacial score (nSPS) is 11.9. The van der Waals surface area contributed by atoms with Crippen molar-refractivity contribution in [2.75, 3.05) is 0 Å². The molecule has 0 aliphatic rings. The van der Waals surface area contributed by atoms with Crippen LogP contribution in [0.4, 0.5) is 5.69 Å². The van der Waals surface area contributed by atoms with E-state index in [1.165, 1.54) is 76.1 Å². The number of hydrogen-bond donors (Lipinski definition) is 0. The fourth-order valence-corrected chi connectivity index (χ4v) is 8.80. The van der Waals surface area contributed by atoms with Crippen LogP contribution in [-0.4, -0.2) is 4.57 Å². The molecule has 2 heteroatoms. The third-order valence-corrected chi connectivity index (χ3v) is 10.9. The van der Waals surface area contributed by atoms with Gasteiger partial charge in [-0.05, 0) is 100 Å². The van der Waals surface area contributed by atoms with Crippen molar-refractivity contribution in [1.82, 2.24) is 4.57 Å². The van der Waals surface area contributed by atoms with E-state index in [1.54, 1.807) is 0 Å². The summed E-state index contributed by atoms with van der Waals surface area (Å²) in [7, 11) is 0. The van der Waals surface area contributed by atoms with Crippen LogP contribution in [0.2, 0.25) is 0 Å². The van der Waals surface area contributed by atoms with E-state index < -0.39 is 0 Å². The molecule has 0 aliphatic carbocycles. The molecule has 0 aliphatic heterocycles. The lowest BCUT2D eigenvalue weighted by Gasteiger charge is -2.20. The minimum atomic E-state index is 0.683. The maximum Gasteiger partial charge on any atom is 0.195 e. The number of nitrogens with zero attached hydrogens (tertiary/aromatic N) is 2. The van der Waals surface area contributed by atoms with E-state index in [4.69, 9.17) is 6.57 Å². The van der Waals surface area contributed by atoms with Gasteiger partial charge in [0.25, 0.3) is 0 Å². The zero-order valence-electron chi connectivity index (χ0n) is 27.6. The summed E-state index contributed by atoms with van der Waals surface area (Å²) in [6, 6.07) is 61.5. The lowest BCUT2D eigenvalue weighted by Crippen LogP contribution is -1.94. The van der Waals surface area contributed by atoms with Crippen molar-refractivity contribution in [3.63, 3.8) is 0 Å². The molecule has 0 radical (unpaired) electrons. The molecule has 0 fully saturated rings. The van der Waals surface area contributed by atoms with Gasteiger partial charge in [0.15, 0.2) is 5.69 Å². The van der Waals surface area contributed by atoms with Crippen LogP contribution in [0, 0.1) is 6.57 Å². The van der Waals surface area contributed by atoms with E-state index in [-0.39, 0.29) is 0 Å². The van der Waals surface area contributed by atoms with Crippen LogP contribution in [-0.2, 0) is 0 Å². The number of rotatable bonds is 3. The Labute approximate surface area is 294 Å². The minimum absolute atomic E-state index is 0.683. The monoisotopic (exact) mass is 644 g/mol. The lowest BCUT2D eigenvalue weighted by molar-refractivity contribution is 1.19. The molecule has 2 nitrogen and oxygen atoms in total. The zero-order chi connectivity index (χ0) is 33.6. The summed E-state index contributed by atoms with van der Waals surface area (Å²) in [4.78, 5) is 3.96. The highest BCUT2D eigenvalue weighted by Gasteiger charge is 2.23. The molecule has 1 aromatic heterocycles. The van der Waals surface area contributed by atoms with Crippen LogP contribution in [0.25, 0.3) is 108 Å². The number of hydrogen-bond acceptors (Lipinski definition) is 0. The summed E-state index contributed by atoms with van der Waals surface area (Å²) < 4.78 is 2.38. The van der Waals surface area contributed by atoms with Crippen molar-refractivity contribution in [3.05, 3.63) is 181 Å². The predicted molar refractivity (Wildman–Crippen MR) is 217 cm³/mol. The summed E-state index contributed by atoms with van der Waals surface area (Å²) >= 11 is 0. The molecule has 0 saturated heterocycles. The smallest absolute Gasteiger partial charge is 0.195 e. The molecule has 0 saturated carbocycles. The van der Waals surface area contributed by atoms with Crippen LogP contribution < -0.4 is 0 Å². The van der Waals surface area contributed by atoms with Gasteiger partial charge >= 0.3 is 0 Å². The highest BCUT2D eigenvalue weighted by atomic mass is 15.0. The van der Waals surface area contributed by atoms with Gasteiger partial charge in [-0.1, -0.05) is 146 Å². The Balaban J connectivity index is 1.27. The maximum absolute atomic E-state index is 8.04. The molecule has 51 heavy (non-hydrogen) atoms. The summed E-state index contributed by atoms with van der Waals surface area (Å²) in [5.41, 5.74) is 9.02. The minimum Gasteiger partial charge on any atom is -0.309 e. The molecule has 11 rings (SSSR count). The van der Waals surface area contributed by atoms with E-state index in [0.717, 1.165) is 27.5 Å². The van der Waals surface area contributed by atoms with Crippen LogP contribution >= 0.6 is 0 Å². The van der Waals surface area contributed by atoms with Crippen molar-refractivity contribution in [2.24, 2.45) is 0 Å². The van der Waals surface area contributed by atoms with Gasteiger partial charge in [0.1, 0.15) is 0 Å². The Bertz CT molecular complexity index is 3200. The van der Waals surface area contributed by atoms with Gasteiger partial charge in [0, 0.05) is 16.5 Å².